The minimum Gasteiger partial charge on any atom is -0.423 e. The van der Waals surface area contributed by atoms with Crippen molar-refractivity contribution in [1.29, 1.82) is 0 Å². The number of nitrogens with zero attached hydrogens (tertiary/aromatic N) is 2. The Kier molecular flexibility index (Phi) is 18.2. The monoisotopic (exact) mass is 426 g/mol. The van der Waals surface area contributed by atoms with Gasteiger partial charge in [0.15, 0.2) is 0 Å². The van der Waals surface area contributed by atoms with Gasteiger partial charge in [0.25, 0.3) is 0 Å². The molecule has 0 fully saturated rings. The number of hydrogen-bond donors (Lipinski definition) is 2. The summed E-state index contributed by atoms with van der Waals surface area (Å²) in [6.07, 6.45) is 0. The van der Waals surface area contributed by atoms with Crippen LogP contribution in [0.15, 0.2) is 24.3 Å². The molecule has 0 aromatic heterocycles. The van der Waals surface area contributed by atoms with Crippen LogP contribution in [0.4, 0.5) is 0 Å². The second-order valence-electron chi connectivity index (χ2n) is 5.25. The maximum absolute atomic E-state index is 8.80. The van der Waals surface area contributed by atoms with Crippen molar-refractivity contribution >= 4 is 30.1 Å². The summed E-state index contributed by atoms with van der Waals surface area (Å²) in [4.78, 5) is 22.3. The Hall–Kier alpha value is -0.200. The Morgan fingerprint density at radius 2 is 1.19 bits per heavy atom. The molecule has 0 saturated heterocycles. The van der Waals surface area contributed by atoms with Gasteiger partial charge in [-0.3, -0.25) is 0 Å². The van der Waals surface area contributed by atoms with Crippen molar-refractivity contribution in [3.8, 4) is 5.75 Å². The highest BCUT2D eigenvalue weighted by molar-refractivity contribution is 8.06. The summed E-state index contributed by atoms with van der Waals surface area (Å²) in [7, 11) is 0. The molecule has 0 aliphatic rings. The third kappa shape index (κ3) is 16.0. The first-order chi connectivity index (χ1) is 12.2. The highest BCUT2D eigenvalue weighted by atomic mass is 35.5. The third-order valence-corrected chi connectivity index (χ3v) is 4.71. The molecular weight excluding hydrogens is 391 g/mol. The first kappa shape index (κ1) is 28.0. The summed E-state index contributed by atoms with van der Waals surface area (Å²) in [5.74, 6) is 0.188. The topological polar surface area (TPSA) is 56.2 Å². The maximum atomic E-state index is 8.80. The van der Waals surface area contributed by atoms with Gasteiger partial charge in [-0.05, 0) is 51.4 Å². The highest BCUT2D eigenvalue weighted by Gasteiger charge is 2.11. The van der Waals surface area contributed by atoms with Crippen LogP contribution in [0.2, 0.25) is 5.02 Å². The Morgan fingerprint density at radius 1 is 0.846 bits per heavy atom. The van der Waals surface area contributed by atoms with E-state index in [0.717, 1.165) is 0 Å². The van der Waals surface area contributed by atoms with E-state index in [0.29, 0.717) is 5.02 Å². The van der Waals surface area contributed by atoms with Crippen molar-refractivity contribution in [3.05, 3.63) is 29.3 Å². The molecule has 1 aromatic carbocycles. The van der Waals surface area contributed by atoms with Crippen LogP contribution >= 0.6 is 18.3 Å². The normalized spacial score (nSPS) is 10.7. The molecule has 0 radical (unpaired) electrons. The molecule has 2 N–H and O–H groups in total. The Balaban J connectivity index is 0. The second kappa shape index (κ2) is 16.9. The van der Waals surface area contributed by atoms with Gasteiger partial charge in [0, 0.05) is 11.8 Å². The predicted molar refractivity (Wildman–Crippen MR) is 118 cm³/mol. The molecule has 0 heterocycles. The third-order valence-electron chi connectivity index (χ3n) is 3.74. The summed E-state index contributed by atoms with van der Waals surface area (Å²) < 4.78 is 4.64. The largest absolute Gasteiger partial charge is 0.423 e. The van der Waals surface area contributed by atoms with E-state index in [2.05, 4.69) is 67.7 Å². The molecule has 0 amide bonds. The van der Waals surface area contributed by atoms with Crippen molar-refractivity contribution in [2.45, 2.75) is 41.5 Å². The average Bonchev–Trinajstić information content (AvgIpc) is 2.60. The number of rotatable bonds is 8. The first-order valence-electron chi connectivity index (χ1n) is 9.13. The van der Waals surface area contributed by atoms with Gasteiger partial charge in [-0.2, -0.15) is 0 Å². The molecule has 1 rings (SSSR count). The van der Waals surface area contributed by atoms with Crippen molar-refractivity contribution < 1.29 is 14.3 Å². The quantitative estimate of drug-likeness (QED) is 0.591. The van der Waals surface area contributed by atoms with Gasteiger partial charge < -0.3 is 24.1 Å². The predicted octanol–water partition coefficient (Wildman–Crippen LogP) is 4.62. The Morgan fingerprint density at radius 3 is 1.42 bits per heavy atom. The molecule has 8 heteroatoms. The van der Waals surface area contributed by atoms with Gasteiger partial charge in [-0.25, -0.2) is 0 Å². The van der Waals surface area contributed by atoms with Crippen LogP contribution in [0, 0.1) is 0 Å². The number of para-hydroxylation sites is 1. The maximum Gasteiger partial charge on any atom is 0.375 e. The van der Waals surface area contributed by atoms with Crippen LogP contribution < -0.4 is 4.52 Å². The van der Waals surface area contributed by atoms with Gasteiger partial charge in [0.1, 0.15) is 5.75 Å². The average molecular weight is 427 g/mol. The fourth-order valence-electron chi connectivity index (χ4n) is 1.99. The van der Waals surface area contributed by atoms with E-state index in [4.69, 9.17) is 21.4 Å². The van der Waals surface area contributed by atoms with Crippen molar-refractivity contribution in [2.24, 2.45) is 0 Å². The molecule has 0 saturated carbocycles. The van der Waals surface area contributed by atoms with E-state index in [1.807, 2.05) is 0 Å². The number of benzene rings is 1. The lowest BCUT2D eigenvalue weighted by Gasteiger charge is -2.13. The van der Waals surface area contributed by atoms with E-state index in [-0.39, 0.29) is 5.75 Å². The lowest BCUT2D eigenvalue weighted by molar-refractivity contribution is 0.321. The van der Waals surface area contributed by atoms with Gasteiger partial charge in [0.2, 0.25) is 0 Å². The summed E-state index contributed by atoms with van der Waals surface area (Å²) >= 11 is 9.92. The van der Waals surface area contributed by atoms with E-state index in [1.54, 1.807) is 18.2 Å². The van der Waals surface area contributed by atoms with E-state index in [1.165, 1.54) is 45.3 Å². The minimum atomic E-state index is -3.67. The molecule has 26 heavy (non-hydrogen) atoms. The zero-order valence-electron chi connectivity index (χ0n) is 17.0. The fraction of sp³-hybridized carbons (Fsp3) is 0.667. The summed E-state index contributed by atoms with van der Waals surface area (Å²) in [6.45, 7) is 16.6. The lowest BCUT2D eigenvalue weighted by Crippen LogP contribution is -2.21. The van der Waals surface area contributed by atoms with Gasteiger partial charge in [0.05, 0.1) is 5.02 Å². The molecule has 154 valence electrons. The van der Waals surface area contributed by atoms with E-state index < -0.39 is 6.72 Å². The standard InChI is InChI=1S/C6H6ClO3PS.2C6H15N/c7-5-3-1-2-4-6(5)10-11(8,9)12;2*1-4-7(5-2)6-3/h1-4H,(H2,8,9,12);2*4-6H2,1-3H3. The molecule has 0 aliphatic heterocycles. The van der Waals surface area contributed by atoms with Crippen molar-refractivity contribution in [2.75, 3.05) is 39.3 Å². The van der Waals surface area contributed by atoms with Crippen LogP contribution in [0.3, 0.4) is 0 Å². The van der Waals surface area contributed by atoms with Crippen molar-refractivity contribution in [3.63, 3.8) is 0 Å². The summed E-state index contributed by atoms with van der Waals surface area (Å²) in [6, 6.07) is 6.44. The lowest BCUT2D eigenvalue weighted by atomic mass is 10.3. The first-order valence-corrected chi connectivity index (χ1v) is 12.1. The zero-order chi connectivity index (χ0) is 20.6. The van der Waals surface area contributed by atoms with Crippen LogP contribution in [0.5, 0.6) is 5.75 Å². The van der Waals surface area contributed by atoms with Gasteiger partial charge in [-0.15, -0.1) is 0 Å². The van der Waals surface area contributed by atoms with E-state index in [9.17, 15) is 0 Å². The summed E-state index contributed by atoms with van der Waals surface area (Å²) in [5, 5.41) is 0.301. The van der Waals surface area contributed by atoms with Crippen LogP contribution in [0.25, 0.3) is 0 Å². The Labute approximate surface area is 170 Å². The molecule has 0 bridgehead atoms. The fourth-order valence-corrected chi connectivity index (χ4v) is 2.87. The molecule has 0 aliphatic carbocycles. The smallest absolute Gasteiger partial charge is 0.375 e. The van der Waals surface area contributed by atoms with Crippen LogP contribution in [-0.4, -0.2) is 58.9 Å². The molecule has 5 nitrogen and oxygen atoms in total. The Bertz CT molecular complexity index is 472. The molecular formula is C18H36ClN2O3PS. The SMILES string of the molecule is CCN(CC)CC.CCN(CC)CC.OP(O)(=S)Oc1ccccc1Cl. The number of hydrogen-bond acceptors (Lipinski definition) is 4. The number of halogens is 1. The second-order valence-corrected chi connectivity index (χ2v) is 8.25. The molecule has 0 spiro atoms. The minimum absolute atomic E-state index is 0.188. The van der Waals surface area contributed by atoms with Crippen molar-refractivity contribution in [1.82, 2.24) is 9.80 Å². The molecule has 1 aromatic rings. The molecule has 0 unspecified atom stereocenters. The van der Waals surface area contributed by atoms with Crippen LogP contribution in [-0.2, 0) is 11.8 Å². The van der Waals surface area contributed by atoms with E-state index >= 15 is 0 Å². The zero-order valence-corrected chi connectivity index (χ0v) is 19.4. The molecule has 0 atom stereocenters. The van der Waals surface area contributed by atoms with Gasteiger partial charge >= 0.3 is 6.72 Å². The van der Waals surface area contributed by atoms with Gasteiger partial charge in [-0.1, -0.05) is 65.3 Å². The highest BCUT2D eigenvalue weighted by Crippen LogP contribution is 2.40. The summed E-state index contributed by atoms with van der Waals surface area (Å²) in [5.41, 5.74) is 0. The van der Waals surface area contributed by atoms with Crippen LogP contribution in [0.1, 0.15) is 41.5 Å².